The molecule has 0 fully saturated rings. The van der Waals surface area contributed by atoms with Crippen LogP contribution in [0.15, 0.2) is 158 Å². The van der Waals surface area contributed by atoms with Crippen LogP contribution in [0.5, 0.6) is 0 Å². The van der Waals surface area contributed by atoms with Gasteiger partial charge in [-0.2, -0.15) is 0 Å². The van der Waals surface area contributed by atoms with E-state index in [4.69, 9.17) is 9.97 Å². The number of hydrogen-bond acceptors (Lipinski definition) is 3. The van der Waals surface area contributed by atoms with Crippen LogP contribution in [-0.4, -0.2) is 18.9 Å². The van der Waals surface area contributed by atoms with Gasteiger partial charge in [-0.15, -0.1) is 11.3 Å². The van der Waals surface area contributed by atoms with Crippen molar-refractivity contribution in [2.45, 2.75) is 0 Å². The molecule has 8 aromatic carbocycles. The van der Waals surface area contributed by atoms with Crippen LogP contribution in [0.3, 0.4) is 0 Å². The molecule has 0 aliphatic carbocycles. The molecule has 0 unspecified atom stereocenters. The topological polar surface area (TPSA) is 35.1 Å². The maximum Gasteiger partial charge on any atom is 0.162 e. The number of nitrogens with zero attached hydrogens (tertiary/aromatic N) is 4. The van der Waals surface area contributed by atoms with E-state index < -0.39 is 0 Å². The van der Waals surface area contributed by atoms with Crippen LogP contribution in [0.4, 0.5) is 0 Å². The highest BCUT2D eigenvalue weighted by Crippen LogP contribution is 2.49. The van der Waals surface area contributed by atoms with Crippen LogP contribution in [0, 0.1) is 0 Å². The van der Waals surface area contributed by atoms with Gasteiger partial charge in [0.25, 0.3) is 0 Å². The minimum absolute atomic E-state index is 0.728. The number of benzene rings is 8. The van der Waals surface area contributed by atoms with Crippen LogP contribution >= 0.6 is 11.3 Å². The minimum atomic E-state index is 0.728. The number of fused-ring (bicyclic) bond motifs is 16. The second kappa shape index (κ2) is 9.94. The van der Waals surface area contributed by atoms with Gasteiger partial charge in [-0.3, -0.25) is 4.57 Å². The molecule has 5 heterocycles. The van der Waals surface area contributed by atoms with E-state index >= 15 is 0 Å². The fraction of sp³-hybridized carbons (Fsp3) is 0. The zero-order valence-electron chi connectivity index (χ0n) is 28.2. The highest BCUT2D eigenvalue weighted by atomic mass is 32.1. The van der Waals surface area contributed by atoms with Gasteiger partial charge >= 0.3 is 0 Å². The summed E-state index contributed by atoms with van der Waals surface area (Å²) in [4.78, 5) is 10.9. The van der Waals surface area contributed by atoms with Crippen LogP contribution in [0.2, 0.25) is 0 Å². The molecular weight excluding hydrogens is 665 g/mol. The number of aromatic nitrogens is 4. The summed E-state index contributed by atoms with van der Waals surface area (Å²) in [6.07, 6.45) is 0. The van der Waals surface area contributed by atoms with Crippen LogP contribution in [-0.2, 0) is 0 Å². The third kappa shape index (κ3) is 3.54. The first kappa shape index (κ1) is 27.8. The molecule has 0 aliphatic heterocycles. The van der Waals surface area contributed by atoms with Crippen LogP contribution in [0.1, 0.15) is 0 Å². The summed E-state index contributed by atoms with van der Waals surface area (Å²) >= 11 is 1.78. The molecule has 0 saturated heterocycles. The summed E-state index contributed by atoms with van der Waals surface area (Å²) < 4.78 is 7.22. The Labute approximate surface area is 305 Å². The van der Waals surface area contributed by atoms with Crippen molar-refractivity contribution in [2.24, 2.45) is 0 Å². The lowest BCUT2D eigenvalue weighted by atomic mass is 9.98. The third-order valence-electron chi connectivity index (χ3n) is 11.4. The predicted molar refractivity (Wildman–Crippen MR) is 224 cm³/mol. The van der Waals surface area contributed by atoms with E-state index in [9.17, 15) is 0 Å². The molecule has 0 amide bonds. The predicted octanol–water partition coefficient (Wildman–Crippen LogP) is 13.1. The minimum Gasteiger partial charge on any atom is -0.308 e. The molecule has 244 valence electrons. The molecule has 13 rings (SSSR count). The first-order valence-electron chi connectivity index (χ1n) is 18.0. The summed E-state index contributed by atoms with van der Waals surface area (Å²) in [5.74, 6) is 1.64. The van der Waals surface area contributed by atoms with Crippen LogP contribution in [0.25, 0.3) is 119 Å². The van der Waals surface area contributed by atoms with Crippen molar-refractivity contribution >= 4 is 113 Å². The molecule has 53 heavy (non-hydrogen) atoms. The van der Waals surface area contributed by atoms with Crippen molar-refractivity contribution in [3.63, 3.8) is 0 Å². The van der Waals surface area contributed by atoms with E-state index in [1.807, 2.05) is 0 Å². The molecular formula is C48H26N4S. The fourth-order valence-corrected chi connectivity index (χ4v) is 10.3. The largest absolute Gasteiger partial charge is 0.308 e. The van der Waals surface area contributed by atoms with Gasteiger partial charge in [-0.1, -0.05) is 121 Å². The second-order valence-electron chi connectivity index (χ2n) is 14.1. The first-order chi connectivity index (χ1) is 26.3. The summed E-state index contributed by atoms with van der Waals surface area (Å²) in [7, 11) is 0. The Morgan fingerprint density at radius 1 is 0.434 bits per heavy atom. The first-order valence-corrected chi connectivity index (χ1v) is 18.8. The highest BCUT2D eigenvalue weighted by molar-refractivity contribution is 7.26. The lowest BCUT2D eigenvalue weighted by molar-refractivity contribution is 1.08. The molecule has 0 saturated carbocycles. The van der Waals surface area contributed by atoms with Crippen molar-refractivity contribution in [3.8, 4) is 17.2 Å². The van der Waals surface area contributed by atoms with E-state index in [1.54, 1.807) is 11.3 Å². The summed E-state index contributed by atoms with van der Waals surface area (Å²) in [5.41, 5.74) is 8.03. The van der Waals surface area contributed by atoms with Gasteiger partial charge < -0.3 is 4.40 Å². The Hall–Kier alpha value is -6.82. The molecule has 13 aromatic rings. The van der Waals surface area contributed by atoms with Gasteiger partial charge in [-0.05, 0) is 57.9 Å². The highest BCUT2D eigenvalue weighted by Gasteiger charge is 2.27. The van der Waals surface area contributed by atoms with Crippen molar-refractivity contribution in [2.75, 3.05) is 0 Å². The van der Waals surface area contributed by atoms with Crippen LogP contribution < -0.4 is 0 Å². The van der Waals surface area contributed by atoms with Crippen molar-refractivity contribution < 1.29 is 0 Å². The zero-order valence-corrected chi connectivity index (χ0v) is 29.0. The quantitative estimate of drug-likeness (QED) is 0.181. The van der Waals surface area contributed by atoms with Crippen molar-refractivity contribution in [3.05, 3.63) is 158 Å². The molecule has 0 bridgehead atoms. The normalized spacial score (nSPS) is 12.5. The summed E-state index contributed by atoms with van der Waals surface area (Å²) in [6, 6.07) is 57.3. The van der Waals surface area contributed by atoms with E-state index in [-0.39, 0.29) is 0 Å². The Kier molecular flexibility index (Phi) is 5.22. The van der Waals surface area contributed by atoms with Crippen molar-refractivity contribution in [1.29, 1.82) is 0 Å². The van der Waals surface area contributed by atoms with Gasteiger partial charge in [0.15, 0.2) is 11.6 Å². The SMILES string of the molecule is c1ccc2cc(-c3nc(-n4c5ccccc5c5c6c7c8ccccc8ccc7n7c8ccccc8c(cc54)c67)c4sc5ccccc5c4n3)ccc2c1. The van der Waals surface area contributed by atoms with Gasteiger partial charge in [0.1, 0.15) is 0 Å². The second-order valence-corrected chi connectivity index (χ2v) is 15.2. The maximum atomic E-state index is 5.57. The summed E-state index contributed by atoms with van der Waals surface area (Å²) in [6.45, 7) is 0. The molecule has 5 heteroatoms. The maximum absolute atomic E-state index is 5.57. The monoisotopic (exact) mass is 690 g/mol. The average molecular weight is 691 g/mol. The van der Waals surface area contributed by atoms with E-state index in [2.05, 4.69) is 167 Å². The Morgan fingerprint density at radius 2 is 1.11 bits per heavy atom. The van der Waals surface area contributed by atoms with E-state index in [0.29, 0.717) is 0 Å². The van der Waals surface area contributed by atoms with Gasteiger partial charge in [0.05, 0.1) is 37.8 Å². The summed E-state index contributed by atoms with van der Waals surface area (Å²) in [5, 5.41) is 13.6. The van der Waals surface area contributed by atoms with Gasteiger partial charge in [-0.25, -0.2) is 9.97 Å². The molecule has 0 spiro atoms. The van der Waals surface area contributed by atoms with E-state index in [0.717, 1.165) is 43.8 Å². The van der Waals surface area contributed by atoms with Crippen molar-refractivity contribution in [1.82, 2.24) is 18.9 Å². The Balaban J connectivity index is 1.27. The number of rotatable bonds is 2. The Bertz CT molecular complexity index is 3700. The Morgan fingerprint density at radius 3 is 2.00 bits per heavy atom. The smallest absolute Gasteiger partial charge is 0.162 e. The van der Waals surface area contributed by atoms with Gasteiger partial charge in [0.2, 0.25) is 0 Å². The van der Waals surface area contributed by atoms with Gasteiger partial charge in [0, 0.05) is 48.0 Å². The lowest BCUT2D eigenvalue weighted by Crippen LogP contribution is -2.01. The molecule has 0 atom stereocenters. The third-order valence-corrected chi connectivity index (χ3v) is 12.6. The zero-order chi connectivity index (χ0) is 34.4. The molecule has 4 nitrogen and oxygen atoms in total. The standard InChI is InChI=1S/C48H26N4S/c1-2-13-29-25-30(22-21-27(29)11-1)47-49-44-34-17-7-10-20-40(34)53-46(44)48(50-47)52-37-19-9-6-16-33(37)42-39(52)26-35-32-15-5-8-18-36(32)51-38-24-23-28-12-3-4-14-31(28)41(38)43(42)45(35)51/h1-26H. The lowest BCUT2D eigenvalue weighted by Gasteiger charge is -2.11. The molecule has 5 aromatic heterocycles. The molecule has 0 radical (unpaired) electrons. The fourth-order valence-electron chi connectivity index (χ4n) is 9.19. The van der Waals surface area contributed by atoms with E-state index in [1.165, 1.54) is 75.1 Å². The number of para-hydroxylation sites is 2. The number of thiophene rings is 1. The number of hydrogen-bond donors (Lipinski definition) is 0. The average Bonchev–Trinajstić information content (AvgIpc) is 3.95. The molecule has 0 N–H and O–H groups in total. The molecule has 0 aliphatic rings.